The Bertz CT molecular complexity index is 1250. The van der Waals surface area contributed by atoms with E-state index in [0.717, 1.165) is 15.8 Å². The third-order valence-corrected chi connectivity index (χ3v) is 5.90. The number of aryl methyl sites for hydroxylation is 2. The van der Waals surface area contributed by atoms with Crippen molar-refractivity contribution in [2.45, 2.75) is 13.8 Å². The van der Waals surface area contributed by atoms with E-state index in [9.17, 15) is 4.79 Å². The zero-order valence-electron chi connectivity index (χ0n) is 15.9. The highest BCUT2D eigenvalue weighted by Gasteiger charge is 2.34. The number of carbonyl (C=O) groups is 1. The fourth-order valence-electron chi connectivity index (χ4n) is 3.25. The van der Waals surface area contributed by atoms with Crippen molar-refractivity contribution in [1.29, 1.82) is 0 Å². The van der Waals surface area contributed by atoms with Gasteiger partial charge in [0.2, 0.25) is 0 Å². The van der Waals surface area contributed by atoms with Gasteiger partial charge in [0.25, 0.3) is 5.91 Å². The Morgan fingerprint density at radius 1 is 1.03 bits per heavy atom. The van der Waals surface area contributed by atoms with Gasteiger partial charge in [-0.2, -0.15) is 0 Å². The summed E-state index contributed by atoms with van der Waals surface area (Å²) in [5.74, 6) is 0.940. The summed E-state index contributed by atoms with van der Waals surface area (Å²) >= 11 is 1.49. The SMILES string of the molecule is Cc1cc2nc(N3C(=O)C(=Cc4ccco4)N=C3c3ccccc3)sc2cc1C. The van der Waals surface area contributed by atoms with E-state index in [2.05, 4.69) is 31.0 Å². The highest BCUT2D eigenvalue weighted by atomic mass is 32.1. The topological polar surface area (TPSA) is 58.7 Å². The number of rotatable bonds is 3. The summed E-state index contributed by atoms with van der Waals surface area (Å²) in [4.78, 5) is 24.3. The molecule has 0 N–H and O–H groups in total. The number of carbonyl (C=O) groups excluding carboxylic acids is 1. The molecule has 0 radical (unpaired) electrons. The van der Waals surface area contributed by atoms with Crippen LogP contribution >= 0.6 is 11.3 Å². The van der Waals surface area contributed by atoms with Crippen LogP contribution in [0.5, 0.6) is 0 Å². The van der Waals surface area contributed by atoms with Crippen molar-refractivity contribution >= 4 is 44.5 Å². The van der Waals surface area contributed by atoms with Crippen LogP contribution in [0.1, 0.15) is 22.5 Å². The smallest absolute Gasteiger partial charge is 0.284 e. The highest BCUT2D eigenvalue weighted by Crippen LogP contribution is 2.35. The average molecular weight is 399 g/mol. The maximum absolute atomic E-state index is 13.3. The van der Waals surface area contributed by atoms with Crippen LogP contribution < -0.4 is 4.90 Å². The number of thiazole rings is 1. The Morgan fingerprint density at radius 2 is 1.83 bits per heavy atom. The van der Waals surface area contributed by atoms with Crippen LogP contribution in [0, 0.1) is 13.8 Å². The lowest BCUT2D eigenvalue weighted by Crippen LogP contribution is -2.32. The van der Waals surface area contributed by atoms with E-state index in [1.54, 1.807) is 29.4 Å². The monoisotopic (exact) mass is 399 g/mol. The van der Waals surface area contributed by atoms with Gasteiger partial charge in [0.05, 0.1) is 16.5 Å². The van der Waals surface area contributed by atoms with Gasteiger partial charge in [0.15, 0.2) is 5.13 Å². The summed E-state index contributed by atoms with van der Waals surface area (Å²) < 4.78 is 6.42. The number of nitrogens with zero attached hydrogens (tertiary/aromatic N) is 3. The summed E-state index contributed by atoms with van der Waals surface area (Å²) in [6.45, 7) is 4.14. The van der Waals surface area contributed by atoms with Crippen LogP contribution in [0.4, 0.5) is 5.13 Å². The summed E-state index contributed by atoms with van der Waals surface area (Å²) in [5, 5.41) is 0.612. The second kappa shape index (κ2) is 6.83. The maximum atomic E-state index is 13.3. The highest BCUT2D eigenvalue weighted by molar-refractivity contribution is 7.22. The molecule has 0 spiro atoms. The Kier molecular flexibility index (Phi) is 4.14. The summed E-state index contributed by atoms with van der Waals surface area (Å²) in [6, 6.07) is 17.4. The zero-order chi connectivity index (χ0) is 20.0. The first-order valence-corrected chi connectivity index (χ1v) is 10.0. The van der Waals surface area contributed by atoms with Crippen LogP contribution in [-0.4, -0.2) is 16.7 Å². The third kappa shape index (κ3) is 3.07. The van der Waals surface area contributed by atoms with Gasteiger partial charge in [0, 0.05) is 11.6 Å². The minimum atomic E-state index is -0.215. The average Bonchev–Trinajstić information content (AvgIpc) is 3.43. The van der Waals surface area contributed by atoms with Gasteiger partial charge < -0.3 is 4.42 Å². The molecule has 0 fully saturated rings. The normalized spacial score (nSPS) is 15.5. The van der Waals surface area contributed by atoms with Gasteiger partial charge in [-0.1, -0.05) is 41.7 Å². The number of furan rings is 1. The van der Waals surface area contributed by atoms with E-state index < -0.39 is 0 Å². The van der Waals surface area contributed by atoms with E-state index in [1.807, 2.05) is 30.3 Å². The number of aromatic nitrogens is 1. The van der Waals surface area contributed by atoms with E-state index in [0.29, 0.717) is 22.4 Å². The van der Waals surface area contributed by atoms with E-state index >= 15 is 0 Å². The molecule has 0 bridgehead atoms. The Balaban J connectivity index is 1.66. The zero-order valence-corrected chi connectivity index (χ0v) is 16.7. The number of anilines is 1. The van der Waals surface area contributed by atoms with Crippen molar-refractivity contribution in [1.82, 2.24) is 4.98 Å². The molecule has 0 unspecified atom stereocenters. The molecule has 4 aromatic rings. The molecule has 5 nitrogen and oxygen atoms in total. The number of amidine groups is 1. The van der Waals surface area contributed by atoms with Crippen LogP contribution in [-0.2, 0) is 4.79 Å². The van der Waals surface area contributed by atoms with Gasteiger partial charge in [-0.15, -0.1) is 0 Å². The van der Waals surface area contributed by atoms with Gasteiger partial charge in [-0.05, 0) is 49.2 Å². The van der Waals surface area contributed by atoms with Crippen molar-refractivity contribution in [3.8, 4) is 0 Å². The standard InChI is InChI=1S/C23H17N3O2S/c1-14-11-18-20(12-15(14)2)29-23(25-18)26-21(16-7-4-3-5-8-16)24-19(22(26)27)13-17-9-6-10-28-17/h3-13H,1-2H3. The van der Waals surface area contributed by atoms with Crippen molar-refractivity contribution in [2.75, 3.05) is 4.90 Å². The molecule has 0 saturated carbocycles. The molecule has 1 aliphatic rings. The second-order valence-corrected chi connectivity index (χ2v) is 7.90. The Hall–Kier alpha value is -3.51. The van der Waals surface area contributed by atoms with Crippen LogP contribution in [0.2, 0.25) is 0 Å². The molecule has 6 heteroatoms. The van der Waals surface area contributed by atoms with Crippen molar-refractivity contribution < 1.29 is 9.21 Å². The number of amides is 1. The summed E-state index contributed by atoms with van der Waals surface area (Å²) in [7, 11) is 0. The fraction of sp³-hybridized carbons (Fsp3) is 0.0870. The predicted molar refractivity (Wildman–Crippen MR) is 116 cm³/mol. The fourth-order valence-corrected chi connectivity index (χ4v) is 4.29. The van der Waals surface area contributed by atoms with Gasteiger partial charge in [0.1, 0.15) is 17.3 Å². The quantitative estimate of drug-likeness (QED) is 0.437. The second-order valence-electron chi connectivity index (χ2n) is 6.89. The van der Waals surface area contributed by atoms with Crippen LogP contribution in [0.25, 0.3) is 16.3 Å². The molecule has 2 aromatic heterocycles. The van der Waals surface area contributed by atoms with Crippen LogP contribution in [0.3, 0.4) is 0 Å². The molecule has 0 atom stereocenters. The first-order chi connectivity index (χ1) is 14.1. The number of benzene rings is 2. The lowest BCUT2D eigenvalue weighted by atomic mass is 10.1. The molecular formula is C23H17N3O2S. The molecule has 29 heavy (non-hydrogen) atoms. The summed E-state index contributed by atoms with van der Waals surface area (Å²) in [5.41, 5.74) is 4.45. The first kappa shape index (κ1) is 17.6. The Morgan fingerprint density at radius 3 is 2.59 bits per heavy atom. The molecule has 0 saturated heterocycles. The minimum Gasteiger partial charge on any atom is -0.465 e. The largest absolute Gasteiger partial charge is 0.465 e. The molecule has 5 rings (SSSR count). The Labute approximate surface area is 171 Å². The molecule has 2 aromatic carbocycles. The molecule has 142 valence electrons. The van der Waals surface area contributed by atoms with Gasteiger partial charge in [-0.25, -0.2) is 14.9 Å². The van der Waals surface area contributed by atoms with Crippen molar-refractivity contribution in [3.05, 3.63) is 89.0 Å². The number of aliphatic imine (C=N–C) groups is 1. The van der Waals surface area contributed by atoms with E-state index in [1.165, 1.54) is 22.5 Å². The van der Waals surface area contributed by atoms with Crippen molar-refractivity contribution in [2.24, 2.45) is 4.99 Å². The molecule has 3 heterocycles. The maximum Gasteiger partial charge on any atom is 0.284 e. The third-order valence-electron chi connectivity index (χ3n) is 4.90. The lowest BCUT2D eigenvalue weighted by Gasteiger charge is -2.14. The van der Waals surface area contributed by atoms with Crippen molar-refractivity contribution in [3.63, 3.8) is 0 Å². The van der Waals surface area contributed by atoms with E-state index in [4.69, 9.17) is 9.40 Å². The van der Waals surface area contributed by atoms with Crippen LogP contribution in [0.15, 0.2) is 76.0 Å². The molecule has 1 aliphatic heterocycles. The number of fused-ring (bicyclic) bond motifs is 1. The van der Waals surface area contributed by atoms with E-state index in [-0.39, 0.29) is 5.91 Å². The summed E-state index contributed by atoms with van der Waals surface area (Å²) in [6.07, 6.45) is 3.23. The van der Waals surface area contributed by atoms with Gasteiger partial charge in [-0.3, -0.25) is 4.79 Å². The predicted octanol–water partition coefficient (Wildman–Crippen LogP) is 5.34. The molecular weight excluding hydrogens is 382 g/mol. The first-order valence-electron chi connectivity index (χ1n) is 9.22. The lowest BCUT2D eigenvalue weighted by molar-refractivity contribution is -0.113. The molecule has 1 amide bonds. The number of hydrogen-bond acceptors (Lipinski definition) is 5. The van der Waals surface area contributed by atoms with Gasteiger partial charge >= 0.3 is 0 Å². The minimum absolute atomic E-state index is 0.215. The molecule has 0 aliphatic carbocycles. The number of hydrogen-bond donors (Lipinski definition) is 0.